The molecule has 2 amide bonds. The van der Waals surface area contributed by atoms with E-state index in [0.29, 0.717) is 56.4 Å². The number of rotatable bonds is 15. The van der Waals surface area contributed by atoms with Gasteiger partial charge in [-0.1, -0.05) is 13.3 Å². The summed E-state index contributed by atoms with van der Waals surface area (Å²) in [6.07, 6.45) is 5.06. The molecular weight excluding hydrogens is 528 g/mol. The number of hydrogen-bond acceptors (Lipinski definition) is 8. The molecule has 3 aliphatic heterocycles. The number of nitrogens with zero attached hydrogens (tertiary/aromatic N) is 4. The van der Waals surface area contributed by atoms with Crippen molar-refractivity contribution < 1.29 is 33.7 Å². The Balaban J connectivity index is 1.59. The van der Waals surface area contributed by atoms with Gasteiger partial charge in [-0.3, -0.25) is 19.3 Å². The molecular formula is C30H46N4O7. The molecule has 1 N–H and O–H groups in total. The smallest absolute Gasteiger partial charge is 0.308 e. The molecule has 4 rings (SSSR count). The largest absolute Gasteiger partial charge is 0.493 e. The van der Waals surface area contributed by atoms with Gasteiger partial charge in [0.15, 0.2) is 11.5 Å². The monoisotopic (exact) mass is 574 g/mol. The number of amides is 2. The van der Waals surface area contributed by atoms with Crippen LogP contribution in [0, 0.1) is 5.92 Å². The van der Waals surface area contributed by atoms with Crippen molar-refractivity contribution in [2.45, 2.75) is 57.4 Å². The first kappa shape index (κ1) is 30.9. The second-order valence-electron chi connectivity index (χ2n) is 11.6. The van der Waals surface area contributed by atoms with Gasteiger partial charge in [-0.05, 0) is 64.0 Å². The number of aliphatic carboxylic acids is 1. The molecule has 3 aliphatic rings. The molecule has 0 bridgehead atoms. The molecule has 41 heavy (non-hydrogen) atoms. The van der Waals surface area contributed by atoms with Crippen LogP contribution in [0.4, 0.5) is 0 Å². The molecule has 11 nitrogen and oxygen atoms in total. The summed E-state index contributed by atoms with van der Waals surface area (Å²) in [6, 6.07) is 3.14. The van der Waals surface area contributed by atoms with E-state index in [1.807, 2.05) is 36.0 Å². The number of carboxylic acid groups (broad SMARTS) is 1. The van der Waals surface area contributed by atoms with Gasteiger partial charge in [0.2, 0.25) is 24.4 Å². The lowest BCUT2D eigenvalue weighted by Gasteiger charge is -2.32. The number of ether oxygens (including phenoxy) is 3. The number of unbranched alkanes of at least 4 members (excludes halogenated alkanes) is 2. The summed E-state index contributed by atoms with van der Waals surface area (Å²) in [7, 11) is 5.63. The first-order chi connectivity index (χ1) is 19.7. The van der Waals surface area contributed by atoms with E-state index >= 15 is 0 Å². The fraction of sp³-hybridized carbons (Fsp3) is 0.700. The Bertz CT molecular complexity index is 1080. The lowest BCUT2D eigenvalue weighted by Crippen LogP contribution is -2.49. The number of methoxy groups -OCH3 is 1. The molecule has 1 unspecified atom stereocenters. The molecule has 3 heterocycles. The van der Waals surface area contributed by atoms with Crippen molar-refractivity contribution in [3.63, 3.8) is 0 Å². The molecule has 0 radical (unpaired) electrons. The Labute approximate surface area is 243 Å². The summed E-state index contributed by atoms with van der Waals surface area (Å²) < 4.78 is 16.7. The maximum Gasteiger partial charge on any atom is 0.308 e. The summed E-state index contributed by atoms with van der Waals surface area (Å²) in [5.74, 6) is -0.608. The van der Waals surface area contributed by atoms with Crippen LogP contribution >= 0.6 is 0 Å². The van der Waals surface area contributed by atoms with Crippen molar-refractivity contribution in [3.8, 4) is 17.2 Å². The van der Waals surface area contributed by atoms with Crippen molar-refractivity contribution in [3.05, 3.63) is 17.7 Å². The summed E-state index contributed by atoms with van der Waals surface area (Å²) >= 11 is 0. The van der Waals surface area contributed by atoms with Crippen molar-refractivity contribution in [1.82, 2.24) is 19.6 Å². The number of fused-ring (bicyclic) bond motifs is 1. The minimum Gasteiger partial charge on any atom is -0.493 e. The number of hydrogen-bond donors (Lipinski definition) is 1. The number of likely N-dealkylation sites (tertiary alicyclic amines) is 2. The van der Waals surface area contributed by atoms with Gasteiger partial charge < -0.3 is 34.0 Å². The van der Waals surface area contributed by atoms with Crippen LogP contribution in [-0.4, -0.2) is 122 Å². The first-order valence-electron chi connectivity index (χ1n) is 14.9. The van der Waals surface area contributed by atoms with Crippen LogP contribution in [0.2, 0.25) is 0 Å². The summed E-state index contributed by atoms with van der Waals surface area (Å²) in [4.78, 5) is 47.0. The van der Waals surface area contributed by atoms with Gasteiger partial charge in [0.05, 0.1) is 19.6 Å². The summed E-state index contributed by atoms with van der Waals surface area (Å²) in [6.45, 7) is 5.91. The second-order valence-corrected chi connectivity index (χ2v) is 11.6. The van der Waals surface area contributed by atoms with E-state index in [2.05, 4.69) is 11.8 Å². The van der Waals surface area contributed by atoms with Gasteiger partial charge >= 0.3 is 5.97 Å². The minimum absolute atomic E-state index is 0.00843. The lowest BCUT2D eigenvalue weighted by atomic mass is 9.84. The highest BCUT2D eigenvalue weighted by Gasteiger charge is 2.49. The first-order valence-corrected chi connectivity index (χ1v) is 14.9. The van der Waals surface area contributed by atoms with Crippen molar-refractivity contribution in [1.29, 1.82) is 0 Å². The predicted octanol–water partition coefficient (Wildman–Crippen LogP) is 2.49. The minimum atomic E-state index is -0.940. The van der Waals surface area contributed by atoms with Crippen molar-refractivity contribution in [2.75, 3.05) is 73.8 Å². The van der Waals surface area contributed by atoms with Crippen LogP contribution < -0.4 is 14.2 Å². The lowest BCUT2D eigenvalue weighted by molar-refractivity contribution is -0.144. The summed E-state index contributed by atoms with van der Waals surface area (Å²) in [5.41, 5.74) is 0.762. The van der Waals surface area contributed by atoms with Gasteiger partial charge in [0.25, 0.3) is 0 Å². The maximum absolute atomic E-state index is 13.7. The van der Waals surface area contributed by atoms with Gasteiger partial charge in [-0.25, -0.2) is 0 Å². The van der Waals surface area contributed by atoms with Gasteiger partial charge in [0, 0.05) is 51.1 Å². The molecule has 1 aromatic carbocycles. The van der Waals surface area contributed by atoms with E-state index in [-0.39, 0.29) is 25.2 Å². The second kappa shape index (κ2) is 14.2. The third-order valence-corrected chi connectivity index (χ3v) is 8.48. The standard InChI is InChI=1S/C30H46N4O7/c1-5-6-12-32(13-8-7-11-31(2)3)27(36)19-34-17-22(21-15-24(39-4)29-25(16-21)40-20-41-29)28(30(37)38)23(34)18-33-14-9-10-26(33)35/h15-16,22-23,28H,5-14,17-20H2,1-4H3,(H,37,38)/t22-,23+,28?/m1/s1. The van der Waals surface area contributed by atoms with E-state index in [9.17, 15) is 19.5 Å². The van der Waals surface area contributed by atoms with Gasteiger partial charge in [-0.2, -0.15) is 0 Å². The third kappa shape index (κ3) is 7.43. The van der Waals surface area contributed by atoms with E-state index in [0.717, 1.165) is 44.2 Å². The number of carboxylic acids is 1. The quantitative estimate of drug-likeness (QED) is 0.316. The van der Waals surface area contributed by atoms with Crippen LogP contribution in [-0.2, 0) is 14.4 Å². The zero-order valence-electron chi connectivity index (χ0n) is 25.0. The van der Waals surface area contributed by atoms with Crippen LogP contribution in [0.1, 0.15) is 56.9 Å². The SMILES string of the molecule is CCCCN(CCCCN(C)C)C(=O)CN1C[C@H](c2cc(OC)c3c(c2)OCO3)C(C(=O)O)[C@@H]1CN1CCCC1=O. The molecule has 11 heteroatoms. The molecule has 0 saturated carbocycles. The Morgan fingerprint density at radius 2 is 1.88 bits per heavy atom. The molecule has 2 saturated heterocycles. The zero-order valence-corrected chi connectivity index (χ0v) is 25.0. The van der Waals surface area contributed by atoms with Gasteiger partial charge in [0.1, 0.15) is 0 Å². The van der Waals surface area contributed by atoms with E-state index in [1.54, 1.807) is 12.0 Å². The van der Waals surface area contributed by atoms with Gasteiger partial charge in [-0.15, -0.1) is 0 Å². The van der Waals surface area contributed by atoms with Crippen molar-refractivity contribution in [2.24, 2.45) is 5.92 Å². The number of benzene rings is 1. The highest BCUT2D eigenvalue weighted by atomic mass is 16.7. The molecule has 0 spiro atoms. The molecule has 3 atom stereocenters. The highest BCUT2D eigenvalue weighted by molar-refractivity contribution is 5.80. The van der Waals surface area contributed by atoms with Crippen LogP contribution in [0.5, 0.6) is 17.2 Å². The zero-order chi connectivity index (χ0) is 29.5. The van der Waals surface area contributed by atoms with Crippen LogP contribution in [0.15, 0.2) is 12.1 Å². The average molecular weight is 575 g/mol. The Kier molecular flexibility index (Phi) is 10.7. The third-order valence-electron chi connectivity index (χ3n) is 8.48. The highest BCUT2D eigenvalue weighted by Crippen LogP contribution is 2.47. The van der Waals surface area contributed by atoms with Crippen LogP contribution in [0.25, 0.3) is 0 Å². The van der Waals surface area contributed by atoms with E-state index in [4.69, 9.17) is 14.2 Å². The molecule has 228 valence electrons. The molecule has 2 fully saturated rings. The van der Waals surface area contributed by atoms with Crippen molar-refractivity contribution >= 4 is 17.8 Å². The number of carbonyl (C=O) groups excluding carboxylic acids is 2. The molecule has 0 aliphatic carbocycles. The number of carbonyl (C=O) groups is 3. The fourth-order valence-corrected chi connectivity index (χ4v) is 6.26. The summed E-state index contributed by atoms with van der Waals surface area (Å²) in [5, 5.41) is 10.5. The van der Waals surface area contributed by atoms with E-state index < -0.39 is 23.8 Å². The fourth-order valence-electron chi connectivity index (χ4n) is 6.26. The maximum atomic E-state index is 13.7. The Morgan fingerprint density at radius 3 is 2.54 bits per heavy atom. The Hall–Kier alpha value is -3.05. The molecule has 1 aromatic rings. The topological polar surface area (TPSA) is 112 Å². The normalized spacial score (nSPS) is 22.1. The molecule has 0 aromatic heterocycles. The Morgan fingerprint density at radius 1 is 1.12 bits per heavy atom. The van der Waals surface area contributed by atoms with E-state index in [1.165, 1.54) is 0 Å². The van der Waals surface area contributed by atoms with Crippen LogP contribution in [0.3, 0.4) is 0 Å². The predicted molar refractivity (Wildman–Crippen MR) is 153 cm³/mol. The average Bonchev–Trinajstić information content (AvgIpc) is 3.66.